The highest BCUT2D eigenvalue weighted by Crippen LogP contribution is 2.20. The van der Waals surface area contributed by atoms with Crippen molar-refractivity contribution in [3.63, 3.8) is 0 Å². The number of hydrogen-bond acceptors (Lipinski definition) is 5. The van der Waals surface area contributed by atoms with E-state index >= 15 is 0 Å². The molecule has 0 saturated carbocycles. The van der Waals surface area contributed by atoms with E-state index in [0.717, 1.165) is 9.15 Å². The summed E-state index contributed by atoms with van der Waals surface area (Å²) < 4.78 is 8.61. The van der Waals surface area contributed by atoms with Gasteiger partial charge in [0.2, 0.25) is 0 Å². The summed E-state index contributed by atoms with van der Waals surface area (Å²) in [6.45, 7) is 3.75. The second kappa shape index (κ2) is 5.13. The van der Waals surface area contributed by atoms with Gasteiger partial charge in [-0.1, -0.05) is 6.58 Å². The van der Waals surface area contributed by atoms with E-state index in [9.17, 15) is 4.79 Å². The van der Waals surface area contributed by atoms with Crippen LogP contribution >= 0.6 is 15.9 Å². The molecule has 8 heteroatoms. The van der Waals surface area contributed by atoms with Crippen LogP contribution in [0.3, 0.4) is 0 Å². The number of hydrogen-bond donors (Lipinski definition) is 0. The average Bonchev–Trinajstić information content (AvgIpc) is 3.04. The van der Waals surface area contributed by atoms with Crippen molar-refractivity contribution in [1.29, 1.82) is 0 Å². The highest BCUT2D eigenvalue weighted by atomic mass is 79.9. The van der Waals surface area contributed by atoms with Crippen molar-refractivity contribution in [1.82, 2.24) is 24.5 Å². The van der Waals surface area contributed by atoms with Gasteiger partial charge in [-0.25, -0.2) is 14.5 Å². The van der Waals surface area contributed by atoms with Crippen LogP contribution in [-0.2, 0) is 7.05 Å². The molecule has 0 spiro atoms. The molecule has 0 N–H and O–H groups in total. The average molecular weight is 348 g/mol. The standard InChI is InChI=1S/C13H10BrN5O2/c1-3-9-6-10(12-17-18(2)13(20)21-12)16-19(9)11-5-4-8(14)7-15-11/h3-7H,1H2,2H3. The molecule has 3 heterocycles. The van der Waals surface area contributed by atoms with Crippen molar-refractivity contribution in [3.05, 3.63) is 51.7 Å². The fourth-order valence-corrected chi connectivity index (χ4v) is 2.01. The number of halogens is 1. The van der Waals surface area contributed by atoms with Crippen LogP contribution in [0.1, 0.15) is 5.69 Å². The molecule has 0 aliphatic carbocycles. The number of aromatic nitrogens is 5. The van der Waals surface area contributed by atoms with E-state index in [1.54, 1.807) is 23.0 Å². The van der Waals surface area contributed by atoms with Gasteiger partial charge in [-0.05, 0) is 40.2 Å². The zero-order valence-electron chi connectivity index (χ0n) is 11.0. The van der Waals surface area contributed by atoms with E-state index in [1.165, 1.54) is 7.05 Å². The third-order valence-corrected chi connectivity index (χ3v) is 3.25. The Bertz CT molecular complexity index is 860. The predicted molar refractivity (Wildman–Crippen MR) is 79.9 cm³/mol. The van der Waals surface area contributed by atoms with E-state index in [1.807, 2.05) is 12.1 Å². The normalized spacial score (nSPS) is 10.8. The maximum Gasteiger partial charge on any atom is 0.437 e. The van der Waals surface area contributed by atoms with Crippen LogP contribution in [0.15, 0.2) is 44.7 Å². The molecule has 0 unspecified atom stereocenters. The van der Waals surface area contributed by atoms with E-state index in [2.05, 4.69) is 37.7 Å². The molecule has 0 aliphatic heterocycles. The third kappa shape index (κ3) is 2.45. The highest BCUT2D eigenvalue weighted by molar-refractivity contribution is 9.10. The zero-order chi connectivity index (χ0) is 15.0. The molecule has 0 aromatic carbocycles. The highest BCUT2D eigenvalue weighted by Gasteiger charge is 2.15. The van der Waals surface area contributed by atoms with Crippen LogP contribution in [-0.4, -0.2) is 24.5 Å². The van der Waals surface area contributed by atoms with Gasteiger partial charge >= 0.3 is 5.76 Å². The monoisotopic (exact) mass is 347 g/mol. The molecule has 0 bridgehead atoms. The van der Waals surface area contributed by atoms with Crippen LogP contribution in [0, 0.1) is 0 Å². The Morgan fingerprint density at radius 3 is 2.76 bits per heavy atom. The molecule has 3 rings (SSSR count). The van der Waals surface area contributed by atoms with Gasteiger partial charge in [-0.15, -0.1) is 5.10 Å². The third-order valence-electron chi connectivity index (χ3n) is 2.78. The Kier molecular flexibility index (Phi) is 3.30. The van der Waals surface area contributed by atoms with Gasteiger partial charge in [0.15, 0.2) is 11.5 Å². The van der Waals surface area contributed by atoms with Crippen molar-refractivity contribution in [2.75, 3.05) is 0 Å². The Morgan fingerprint density at radius 2 is 2.19 bits per heavy atom. The number of nitrogens with zero attached hydrogens (tertiary/aromatic N) is 5. The maximum atomic E-state index is 11.3. The van der Waals surface area contributed by atoms with Gasteiger partial charge in [0.25, 0.3) is 5.89 Å². The lowest BCUT2D eigenvalue weighted by Crippen LogP contribution is -2.09. The summed E-state index contributed by atoms with van der Waals surface area (Å²) in [5.41, 5.74) is 1.15. The number of aryl methyl sites for hydroxylation is 1. The Morgan fingerprint density at radius 1 is 1.38 bits per heavy atom. The van der Waals surface area contributed by atoms with Gasteiger partial charge in [-0.3, -0.25) is 0 Å². The van der Waals surface area contributed by atoms with Gasteiger partial charge in [0.1, 0.15) is 0 Å². The smallest absolute Gasteiger partial charge is 0.386 e. The fourth-order valence-electron chi connectivity index (χ4n) is 1.77. The van der Waals surface area contributed by atoms with Crippen LogP contribution < -0.4 is 5.76 Å². The molecule has 0 saturated heterocycles. The lowest BCUT2D eigenvalue weighted by Gasteiger charge is -2.02. The first-order valence-electron chi connectivity index (χ1n) is 5.97. The molecular formula is C13H10BrN5O2. The van der Waals surface area contributed by atoms with Crippen LogP contribution in [0.2, 0.25) is 0 Å². The first-order valence-corrected chi connectivity index (χ1v) is 6.77. The van der Waals surface area contributed by atoms with Crippen LogP contribution in [0.25, 0.3) is 23.5 Å². The first kappa shape index (κ1) is 13.5. The van der Waals surface area contributed by atoms with Gasteiger partial charge < -0.3 is 4.42 Å². The summed E-state index contributed by atoms with van der Waals surface area (Å²) in [4.78, 5) is 15.6. The van der Waals surface area contributed by atoms with Crippen molar-refractivity contribution in [2.24, 2.45) is 7.05 Å². The molecule has 7 nitrogen and oxygen atoms in total. The summed E-state index contributed by atoms with van der Waals surface area (Å²) in [7, 11) is 1.51. The van der Waals surface area contributed by atoms with Gasteiger partial charge in [0, 0.05) is 17.7 Å². The van der Waals surface area contributed by atoms with Gasteiger partial charge in [-0.2, -0.15) is 9.78 Å². The van der Waals surface area contributed by atoms with E-state index in [4.69, 9.17) is 4.42 Å². The molecule has 0 aliphatic rings. The lowest BCUT2D eigenvalue weighted by molar-refractivity contribution is 0.503. The molecule has 3 aromatic heterocycles. The molecule has 0 radical (unpaired) electrons. The summed E-state index contributed by atoms with van der Waals surface area (Å²) >= 11 is 3.33. The molecule has 21 heavy (non-hydrogen) atoms. The van der Waals surface area contributed by atoms with Crippen LogP contribution in [0.4, 0.5) is 0 Å². The van der Waals surface area contributed by atoms with Crippen molar-refractivity contribution >= 4 is 22.0 Å². The second-order valence-electron chi connectivity index (χ2n) is 4.20. The van der Waals surface area contributed by atoms with Crippen molar-refractivity contribution in [2.45, 2.75) is 0 Å². The Labute approximate surface area is 127 Å². The summed E-state index contributed by atoms with van der Waals surface area (Å²) in [6.07, 6.45) is 3.31. The lowest BCUT2D eigenvalue weighted by atomic mass is 10.3. The molecule has 0 atom stereocenters. The molecule has 106 valence electrons. The quantitative estimate of drug-likeness (QED) is 0.724. The Balaban J connectivity index is 2.12. The Hall–Kier alpha value is -2.48. The SMILES string of the molecule is C=Cc1cc(-c2nn(C)c(=O)o2)nn1-c1ccc(Br)cn1. The largest absolute Gasteiger partial charge is 0.437 e. The first-order chi connectivity index (χ1) is 10.1. The maximum absolute atomic E-state index is 11.3. The topological polar surface area (TPSA) is 78.7 Å². The zero-order valence-corrected chi connectivity index (χ0v) is 12.6. The second-order valence-corrected chi connectivity index (χ2v) is 5.12. The molecule has 0 fully saturated rings. The minimum atomic E-state index is -0.540. The predicted octanol–water partition coefficient (Wildman–Crippen LogP) is 2.03. The van der Waals surface area contributed by atoms with E-state index < -0.39 is 5.76 Å². The van der Waals surface area contributed by atoms with Crippen LogP contribution in [0.5, 0.6) is 0 Å². The van der Waals surface area contributed by atoms with Gasteiger partial charge in [0.05, 0.1) is 5.69 Å². The number of rotatable bonds is 3. The molecule has 3 aromatic rings. The summed E-state index contributed by atoms with van der Waals surface area (Å²) in [6, 6.07) is 5.39. The van der Waals surface area contributed by atoms with E-state index in [0.29, 0.717) is 17.2 Å². The molecule has 0 amide bonds. The summed E-state index contributed by atoms with van der Waals surface area (Å²) in [5, 5.41) is 8.34. The molecular weight excluding hydrogens is 338 g/mol. The minimum Gasteiger partial charge on any atom is -0.386 e. The van der Waals surface area contributed by atoms with Crippen molar-refractivity contribution < 1.29 is 4.42 Å². The van der Waals surface area contributed by atoms with E-state index in [-0.39, 0.29) is 5.89 Å². The number of pyridine rings is 1. The fraction of sp³-hybridized carbons (Fsp3) is 0.0769. The minimum absolute atomic E-state index is 0.154. The summed E-state index contributed by atoms with van der Waals surface area (Å²) in [5.74, 6) is 0.237. The van der Waals surface area contributed by atoms with Crippen molar-refractivity contribution in [3.8, 4) is 17.4 Å².